The van der Waals surface area contributed by atoms with Crippen LogP contribution in [0.15, 0.2) is 24.4 Å². The number of hydrogen-bond donors (Lipinski definition) is 1. The fraction of sp³-hybridized carbons (Fsp3) is 0.267. The number of hydrogen-bond acceptors (Lipinski definition) is 4. The summed E-state index contributed by atoms with van der Waals surface area (Å²) in [5.41, 5.74) is 0.804. The van der Waals surface area contributed by atoms with Gasteiger partial charge in [0.15, 0.2) is 0 Å². The molecule has 0 saturated heterocycles. The lowest BCUT2D eigenvalue weighted by atomic mass is 9.97. The standard InChI is InChI=1S/C15H12ClF3N4O/c1-23-6-5-8-9(13(23)24)3-2-4-11(8)21-14-20-7-10(12(16)22-14)15(17,18)19/h2-4,7H,5-6H2,1H3,(H,20,21,22). The first-order valence-electron chi connectivity index (χ1n) is 7.01. The Morgan fingerprint density at radius 3 is 2.75 bits per heavy atom. The number of amides is 1. The summed E-state index contributed by atoms with van der Waals surface area (Å²) in [5.74, 6) is -0.168. The Bertz CT molecular complexity index is 810. The molecule has 0 aliphatic carbocycles. The first-order valence-corrected chi connectivity index (χ1v) is 7.39. The third kappa shape index (κ3) is 3.01. The topological polar surface area (TPSA) is 58.1 Å². The molecule has 9 heteroatoms. The Morgan fingerprint density at radius 1 is 1.33 bits per heavy atom. The van der Waals surface area contributed by atoms with E-state index in [2.05, 4.69) is 15.3 Å². The van der Waals surface area contributed by atoms with Crippen LogP contribution < -0.4 is 5.32 Å². The van der Waals surface area contributed by atoms with E-state index in [9.17, 15) is 18.0 Å². The number of nitrogens with one attached hydrogen (secondary N) is 1. The van der Waals surface area contributed by atoms with Gasteiger partial charge in [-0.2, -0.15) is 13.2 Å². The molecule has 126 valence electrons. The number of carbonyl (C=O) groups excluding carboxylic acids is 1. The van der Waals surface area contributed by atoms with Crippen molar-refractivity contribution in [2.24, 2.45) is 0 Å². The zero-order valence-corrected chi connectivity index (χ0v) is 13.2. The van der Waals surface area contributed by atoms with Crippen LogP contribution in [0.3, 0.4) is 0 Å². The minimum atomic E-state index is -4.61. The first kappa shape index (κ1) is 16.5. The van der Waals surface area contributed by atoms with Crippen LogP contribution in [0.5, 0.6) is 0 Å². The fourth-order valence-electron chi connectivity index (χ4n) is 2.49. The van der Waals surface area contributed by atoms with Crippen molar-refractivity contribution in [1.82, 2.24) is 14.9 Å². The average Bonchev–Trinajstić information content (AvgIpc) is 2.50. The number of fused-ring (bicyclic) bond motifs is 1. The molecule has 1 aliphatic rings. The van der Waals surface area contributed by atoms with Crippen LogP contribution in [-0.4, -0.2) is 34.4 Å². The van der Waals surface area contributed by atoms with Gasteiger partial charge in [-0.25, -0.2) is 9.97 Å². The summed E-state index contributed by atoms with van der Waals surface area (Å²) in [5, 5.41) is 2.16. The van der Waals surface area contributed by atoms with Gasteiger partial charge in [0.25, 0.3) is 5.91 Å². The molecule has 0 bridgehead atoms. The molecule has 5 nitrogen and oxygen atoms in total. The number of aromatic nitrogens is 2. The molecule has 3 rings (SSSR count). The SMILES string of the molecule is CN1CCc2c(Nc3ncc(C(F)(F)F)c(Cl)n3)cccc2C1=O. The van der Waals surface area contributed by atoms with E-state index >= 15 is 0 Å². The number of benzene rings is 1. The zero-order valence-electron chi connectivity index (χ0n) is 12.5. The van der Waals surface area contributed by atoms with Gasteiger partial charge in [0, 0.05) is 31.0 Å². The molecular formula is C15H12ClF3N4O. The van der Waals surface area contributed by atoms with Crippen LogP contribution in [0, 0.1) is 0 Å². The molecule has 1 aromatic heterocycles. The Balaban J connectivity index is 1.93. The highest BCUT2D eigenvalue weighted by molar-refractivity contribution is 6.30. The van der Waals surface area contributed by atoms with Gasteiger partial charge in [-0.3, -0.25) is 4.79 Å². The van der Waals surface area contributed by atoms with Crippen LogP contribution in [0.1, 0.15) is 21.5 Å². The molecule has 1 amide bonds. The van der Waals surface area contributed by atoms with Gasteiger partial charge in [-0.15, -0.1) is 0 Å². The van der Waals surface area contributed by atoms with E-state index < -0.39 is 16.9 Å². The van der Waals surface area contributed by atoms with Gasteiger partial charge in [-0.05, 0) is 24.1 Å². The smallest absolute Gasteiger partial charge is 0.341 e. The molecule has 0 saturated carbocycles. The average molecular weight is 357 g/mol. The predicted molar refractivity (Wildman–Crippen MR) is 82.4 cm³/mol. The second-order valence-electron chi connectivity index (χ2n) is 5.33. The molecule has 0 fully saturated rings. The number of nitrogens with zero attached hydrogens (tertiary/aromatic N) is 3. The number of anilines is 2. The molecule has 0 unspecified atom stereocenters. The van der Waals surface area contributed by atoms with Gasteiger partial charge in [0.1, 0.15) is 10.7 Å². The largest absolute Gasteiger partial charge is 0.420 e. The minimum Gasteiger partial charge on any atom is -0.341 e. The summed E-state index contributed by atoms with van der Waals surface area (Å²) in [6, 6.07) is 5.11. The second kappa shape index (κ2) is 5.94. The minimum absolute atomic E-state index is 0.0622. The first-order chi connectivity index (χ1) is 11.3. The fourth-order valence-corrected chi connectivity index (χ4v) is 2.73. The van der Waals surface area contributed by atoms with Crippen molar-refractivity contribution in [1.29, 1.82) is 0 Å². The summed E-state index contributed by atoms with van der Waals surface area (Å²) in [4.78, 5) is 21.1. The highest BCUT2D eigenvalue weighted by Gasteiger charge is 2.34. The van der Waals surface area contributed by atoms with Gasteiger partial charge in [-0.1, -0.05) is 17.7 Å². The molecule has 2 aromatic rings. The number of alkyl halides is 3. The Morgan fingerprint density at radius 2 is 2.08 bits per heavy atom. The van der Waals surface area contributed by atoms with E-state index in [1.165, 1.54) is 0 Å². The molecule has 0 atom stereocenters. The molecule has 1 aliphatic heterocycles. The summed E-state index contributed by atoms with van der Waals surface area (Å²) < 4.78 is 38.1. The number of likely N-dealkylation sites (N-methyl/N-ethyl adjacent to an activating group) is 1. The summed E-state index contributed by atoms with van der Waals surface area (Å²) in [6.45, 7) is 0.555. The summed E-state index contributed by atoms with van der Waals surface area (Å²) in [6.07, 6.45) is -3.36. The van der Waals surface area contributed by atoms with Gasteiger partial charge in [0.2, 0.25) is 5.95 Å². The monoisotopic (exact) mass is 356 g/mol. The molecule has 24 heavy (non-hydrogen) atoms. The second-order valence-corrected chi connectivity index (χ2v) is 5.69. The van der Waals surface area contributed by atoms with E-state index in [4.69, 9.17) is 11.6 Å². The van der Waals surface area contributed by atoms with Crippen LogP contribution in [-0.2, 0) is 12.6 Å². The van der Waals surface area contributed by atoms with Gasteiger partial charge < -0.3 is 10.2 Å². The van der Waals surface area contributed by atoms with E-state index in [0.717, 1.165) is 5.56 Å². The molecule has 0 radical (unpaired) electrons. The number of halogens is 4. The van der Waals surface area contributed by atoms with Crippen LogP contribution in [0.2, 0.25) is 5.15 Å². The quantitative estimate of drug-likeness (QED) is 0.836. The van der Waals surface area contributed by atoms with E-state index in [0.29, 0.717) is 30.4 Å². The lowest BCUT2D eigenvalue weighted by Crippen LogP contribution is -2.34. The molecule has 1 N–H and O–H groups in total. The number of carbonyl (C=O) groups is 1. The summed E-state index contributed by atoms with van der Waals surface area (Å²) in [7, 11) is 1.71. The van der Waals surface area contributed by atoms with E-state index in [1.54, 1.807) is 30.1 Å². The highest BCUT2D eigenvalue weighted by Crippen LogP contribution is 2.34. The van der Waals surface area contributed by atoms with Crippen molar-refractivity contribution in [3.63, 3.8) is 0 Å². The third-order valence-electron chi connectivity index (χ3n) is 3.74. The maximum Gasteiger partial charge on any atom is 0.420 e. The normalized spacial score (nSPS) is 14.5. The van der Waals surface area contributed by atoms with Crippen molar-refractivity contribution in [2.75, 3.05) is 18.9 Å². The van der Waals surface area contributed by atoms with E-state index in [1.807, 2.05) is 0 Å². The van der Waals surface area contributed by atoms with Gasteiger partial charge >= 0.3 is 6.18 Å². The maximum atomic E-state index is 12.7. The van der Waals surface area contributed by atoms with Crippen LogP contribution in [0.4, 0.5) is 24.8 Å². The van der Waals surface area contributed by atoms with Crippen molar-refractivity contribution in [2.45, 2.75) is 12.6 Å². The summed E-state index contributed by atoms with van der Waals surface area (Å²) >= 11 is 5.59. The van der Waals surface area contributed by atoms with E-state index in [-0.39, 0.29) is 11.9 Å². The lowest BCUT2D eigenvalue weighted by Gasteiger charge is -2.26. The Kier molecular flexibility index (Phi) is 4.08. The van der Waals surface area contributed by atoms with Crippen molar-refractivity contribution >= 4 is 29.1 Å². The molecule has 0 spiro atoms. The van der Waals surface area contributed by atoms with Crippen molar-refractivity contribution in [3.8, 4) is 0 Å². The lowest BCUT2D eigenvalue weighted by molar-refractivity contribution is -0.137. The van der Waals surface area contributed by atoms with Crippen molar-refractivity contribution < 1.29 is 18.0 Å². The molecule has 2 heterocycles. The Labute approximate surface area is 140 Å². The molecule has 1 aromatic carbocycles. The zero-order chi connectivity index (χ0) is 17.5. The van der Waals surface area contributed by atoms with Crippen LogP contribution in [0.25, 0.3) is 0 Å². The highest BCUT2D eigenvalue weighted by atomic mass is 35.5. The maximum absolute atomic E-state index is 12.7. The van der Waals surface area contributed by atoms with Gasteiger partial charge in [0.05, 0.1) is 0 Å². The van der Waals surface area contributed by atoms with Crippen LogP contribution >= 0.6 is 11.6 Å². The number of rotatable bonds is 2. The Hall–Kier alpha value is -2.35. The van der Waals surface area contributed by atoms with Crippen molar-refractivity contribution in [3.05, 3.63) is 46.2 Å². The molecular weight excluding hydrogens is 345 g/mol. The predicted octanol–water partition coefficient (Wildman–Crippen LogP) is 3.52. The third-order valence-corrected chi connectivity index (χ3v) is 4.03.